The molecular weight excluding hydrogens is 399 g/mol. The zero-order valence-electron chi connectivity index (χ0n) is 11.7. The maximum Gasteiger partial charge on any atom is 0.432 e. The number of alkyl halides is 3. The van der Waals surface area contributed by atoms with E-state index in [2.05, 4.69) is 20.9 Å². The van der Waals surface area contributed by atoms with E-state index in [1.807, 2.05) is 0 Å². The Morgan fingerprint density at radius 1 is 1.26 bits per heavy atom. The SMILES string of the molecule is C[C@](OC(=O)c1ccc(Cl)nc1)(c1cccc(Br)c1)C(F)(F)F. The monoisotopic (exact) mass is 407 g/mol. The van der Waals surface area contributed by atoms with Crippen molar-refractivity contribution < 1.29 is 22.7 Å². The van der Waals surface area contributed by atoms with Crippen LogP contribution in [0.5, 0.6) is 0 Å². The summed E-state index contributed by atoms with van der Waals surface area (Å²) in [7, 11) is 0. The summed E-state index contributed by atoms with van der Waals surface area (Å²) in [6.07, 6.45) is -3.74. The molecule has 23 heavy (non-hydrogen) atoms. The Bertz CT molecular complexity index is 721. The highest BCUT2D eigenvalue weighted by atomic mass is 79.9. The van der Waals surface area contributed by atoms with Crippen molar-refractivity contribution >= 4 is 33.5 Å². The number of hydrogen-bond donors (Lipinski definition) is 0. The maximum atomic E-state index is 13.5. The Balaban J connectivity index is 2.40. The maximum absolute atomic E-state index is 13.5. The van der Waals surface area contributed by atoms with Gasteiger partial charge in [-0.05, 0) is 31.2 Å². The van der Waals surface area contributed by atoms with Crippen LogP contribution in [0.3, 0.4) is 0 Å². The van der Waals surface area contributed by atoms with Gasteiger partial charge in [-0.2, -0.15) is 13.2 Å². The van der Waals surface area contributed by atoms with Gasteiger partial charge in [-0.3, -0.25) is 0 Å². The van der Waals surface area contributed by atoms with Crippen molar-refractivity contribution in [3.8, 4) is 0 Å². The second-order valence-electron chi connectivity index (χ2n) is 4.80. The number of halogens is 5. The molecule has 0 spiro atoms. The number of carbonyl (C=O) groups excluding carboxylic acids is 1. The lowest BCUT2D eigenvalue weighted by atomic mass is 9.95. The van der Waals surface area contributed by atoms with Gasteiger partial charge in [0.2, 0.25) is 5.60 Å². The third-order valence-corrected chi connectivity index (χ3v) is 3.89. The average Bonchev–Trinajstić information content (AvgIpc) is 2.46. The minimum Gasteiger partial charge on any atom is -0.441 e. The lowest BCUT2D eigenvalue weighted by Gasteiger charge is -2.32. The van der Waals surface area contributed by atoms with Crippen molar-refractivity contribution in [3.05, 3.63) is 63.3 Å². The summed E-state index contributed by atoms with van der Waals surface area (Å²) < 4.78 is 45.8. The van der Waals surface area contributed by atoms with E-state index >= 15 is 0 Å². The van der Waals surface area contributed by atoms with Gasteiger partial charge in [-0.1, -0.05) is 39.7 Å². The Morgan fingerprint density at radius 3 is 2.48 bits per heavy atom. The molecule has 2 aromatic rings. The van der Waals surface area contributed by atoms with Crippen LogP contribution in [0.15, 0.2) is 47.1 Å². The highest BCUT2D eigenvalue weighted by molar-refractivity contribution is 9.10. The van der Waals surface area contributed by atoms with E-state index in [1.165, 1.54) is 30.3 Å². The van der Waals surface area contributed by atoms with Gasteiger partial charge in [0, 0.05) is 16.2 Å². The number of aromatic nitrogens is 1. The highest BCUT2D eigenvalue weighted by Gasteiger charge is 2.56. The van der Waals surface area contributed by atoms with Crippen LogP contribution < -0.4 is 0 Å². The summed E-state index contributed by atoms with van der Waals surface area (Å²) in [6, 6.07) is 8.04. The number of benzene rings is 1. The average molecular weight is 409 g/mol. The van der Waals surface area contributed by atoms with E-state index in [-0.39, 0.29) is 16.3 Å². The number of ether oxygens (including phenoxy) is 1. The van der Waals surface area contributed by atoms with Crippen molar-refractivity contribution in [1.82, 2.24) is 4.98 Å². The largest absolute Gasteiger partial charge is 0.441 e. The summed E-state index contributed by atoms with van der Waals surface area (Å²) >= 11 is 8.69. The predicted octanol–water partition coefficient (Wildman–Crippen LogP) is 5.13. The van der Waals surface area contributed by atoms with Crippen LogP contribution in [0.1, 0.15) is 22.8 Å². The van der Waals surface area contributed by atoms with Crippen LogP contribution in [-0.4, -0.2) is 17.1 Å². The number of rotatable bonds is 3. The van der Waals surface area contributed by atoms with Crippen molar-refractivity contribution in [2.45, 2.75) is 18.7 Å². The highest BCUT2D eigenvalue weighted by Crippen LogP contribution is 2.43. The molecule has 0 aliphatic carbocycles. The summed E-state index contributed by atoms with van der Waals surface area (Å²) in [6.45, 7) is 0.802. The van der Waals surface area contributed by atoms with Gasteiger partial charge in [0.05, 0.1) is 5.56 Å². The molecule has 2 rings (SSSR count). The molecule has 0 saturated heterocycles. The number of pyridine rings is 1. The van der Waals surface area contributed by atoms with Crippen LogP contribution >= 0.6 is 27.5 Å². The van der Waals surface area contributed by atoms with E-state index in [0.29, 0.717) is 4.47 Å². The van der Waals surface area contributed by atoms with Crippen molar-refractivity contribution in [2.24, 2.45) is 0 Å². The molecule has 0 aliphatic rings. The number of carbonyl (C=O) groups is 1. The number of esters is 1. The Kier molecular flexibility index (Phi) is 5.01. The quantitative estimate of drug-likeness (QED) is 0.522. The van der Waals surface area contributed by atoms with E-state index in [0.717, 1.165) is 13.1 Å². The van der Waals surface area contributed by atoms with Crippen LogP contribution in [0, 0.1) is 0 Å². The molecule has 0 unspecified atom stereocenters. The van der Waals surface area contributed by atoms with Gasteiger partial charge in [0.25, 0.3) is 0 Å². The van der Waals surface area contributed by atoms with Gasteiger partial charge in [-0.15, -0.1) is 0 Å². The molecule has 1 atom stereocenters. The second-order valence-corrected chi connectivity index (χ2v) is 6.10. The molecule has 0 aliphatic heterocycles. The Hall–Kier alpha value is -1.60. The van der Waals surface area contributed by atoms with E-state index in [1.54, 1.807) is 6.07 Å². The molecule has 1 aromatic heterocycles. The lowest BCUT2D eigenvalue weighted by Crippen LogP contribution is -2.43. The summed E-state index contributed by atoms with van der Waals surface area (Å²) in [4.78, 5) is 15.7. The Labute approximate surface area is 143 Å². The van der Waals surface area contributed by atoms with E-state index in [9.17, 15) is 18.0 Å². The lowest BCUT2D eigenvalue weighted by molar-refractivity contribution is -0.258. The first-order valence-corrected chi connectivity index (χ1v) is 7.48. The van der Waals surface area contributed by atoms with Gasteiger partial charge < -0.3 is 4.74 Å². The fraction of sp³-hybridized carbons (Fsp3) is 0.200. The molecule has 1 heterocycles. The van der Waals surface area contributed by atoms with Gasteiger partial charge in [0.1, 0.15) is 5.15 Å². The zero-order valence-corrected chi connectivity index (χ0v) is 14.0. The van der Waals surface area contributed by atoms with Crippen LogP contribution in [-0.2, 0) is 10.3 Å². The molecule has 0 N–H and O–H groups in total. The smallest absolute Gasteiger partial charge is 0.432 e. The molecule has 122 valence electrons. The summed E-state index contributed by atoms with van der Waals surface area (Å²) in [5, 5.41) is 0.118. The first-order chi connectivity index (χ1) is 10.6. The Morgan fingerprint density at radius 2 is 1.96 bits per heavy atom. The summed E-state index contributed by atoms with van der Waals surface area (Å²) in [5.74, 6) is -1.14. The molecule has 0 bridgehead atoms. The van der Waals surface area contributed by atoms with E-state index < -0.39 is 17.7 Å². The molecule has 3 nitrogen and oxygen atoms in total. The minimum absolute atomic E-state index is 0.118. The summed E-state index contributed by atoms with van der Waals surface area (Å²) in [5.41, 5.74) is -3.12. The van der Waals surface area contributed by atoms with Crippen molar-refractivity contribution in [2.75, 3.05) is 0 Å². The van der Waals surface area contributed by atoms with Gasteiger partial charge >= 0.3 is 12.1 Å². The third kappa shape index (κ3) is 3.84. The topological polar surface area (TPSA) is 39.2 Å². The number of hydrogen-bond acceptors (Lipinski definition) is 3. The van der Waals surface area contributed by atoms with E-state index in [4.69, 9.17) is 16.3 Å². The second kappa shape index (κ2) is 6.49. The first-order valence-electron chi connectivity index (χ1n) is 6.31. The molecule has 8 heteroatoms. The number of nitrogens with zero attached hydrogens (tertiary/aromatic N) is 1. The zero-order chi connectivity index (χ0) is 17.3. The van der Waals surface area contributed by atoms with Crippen LogP contribution in [0.4, 0.5) is 13.2 Å². The van der Waals surface area contributed by atoms with Crippen molar-refractivity contribution in [3.63, 3.8) is 0 Å². The minimum atomic E-state index is -4.80. The van der Waals surface area contributed by atoms with Crippen molar-refractivity contribution in [1.29, 1.82) is 0 Å². The standard InChI is InChI=1S/C15H10BrClF3NO2/c1-14(15(18,19)20,10-3-2-4-11(16)7-10)23-13(22)9-5-6-12(17)21-8-9/h2-8H,1H3/t14-/m0/s1. The van der Waals surface area contributed by atoms with Crippen LogP contribution in [0.25, 0.3) is 0 Å². The van der Waals surface area contributed by atoms with Gasteiger partial charge in [-0.25, -0.2) is 9.78 Å². The molecule has 0 amide bonds. The fourth-order valence-corrected chi connectivity index (χ4v) is 2.32. The molecular formula is C15H10BrClF3NO2. The fourth-order valence-electron chi connectivity index (χ4n) is 1.81. The molecule has 0 radical (unpaired) electrons. The third-order valence-electron chi connectivity index (χ3n) is 3.18. The van der Waals surface area contributed by atoms with Gasteiger partial charge in [0.15, 0.2) is 0 Å². The normalized spacial score (nSPS) is 14.2. The molecule has 1 aromatic carbocycles. The van der Waals surface area contributed by atoms with Crippen LogP contribution in [0.2, 0.25) is 5.15 Å². The molecule has 0 saturated carbocycles. The predicted molar refractivity (Wildman–Crippen MR) is 82.2 cm³/mol. The molecule has 0 fully saturated rings. The first kappa shape index (κ1) is 17.7.